The van der Waals surface area contributed by atoms with Gasteiger partial charge >= 0.3 is 0 Å². The lowest BCUT2D eigenvalue weighted by molar-refractivity contribution is 0.301. The summed E-state index contributed by atoms with van der Waals surface area (Å²) in [6, 6.07) is 10.1. The molecule has 2 rings (SSSR count). The first-order chi connectivity index (χ1) is 14.8. The van der Waals surface area contributed by atoms with Crippen molar-refractivity contribution in [2.45, 2.75) is 84.0 Å². The van der Waals surface area contributed by atoms with Gasteiger partial charge in [-0.05, 0) is 19.3 Å². The summed E-state index contributed by atoms with van der Waals surface area (Å²) in [5.74, 6) is 2.41. The van der Waals surface area contributed by atoms with E-state index in [1.165, 1.54) is 57.8 Å². The highest BCUT2D eigenvalue weighted by atomic mass is 35.5. The lowest BCUT2D eigenvalue weighted by Gasteiger charge is -2.15. The third-order valence-electron chi connectivity index (χ3n) is 5.44. The van der Waals surface area contributed by atoms with Gasteiger partial charge < -0.3 is 9.47 Å². The molecule has 0 spiro atoms. The van der Waals surface area contributed by atoms with E-state index in [0.717, 1.165) is 47.4 Å². The number of ether oxygens (including phenoxy) is 2. The second kappa shape index (κ2) is 15.6. The van der Waals surface area contributed by atoms with E-state index in [2.05, 4.69) is 19.1 Å². The summed E-state index contributed by atoms with van der Waals surface area (Å²) in [5.41, 5.74) is 0. The summed E-state index contributed by atoms with van der Waals surface area (Å²) in [5, 5.41) is 2.74. The highest BCUT2D eigenvalue weighted by molar-refractivity contribution is 6.33. The van der Waals surface area contributed by atoms with Gasteiger partial charge in [-0.3, -0.25) is 0 Å². The van der Waals surface area contributed by atoms with Crippen molar-refractivity contribution < 1.29 is 9.47 Å². The van der Waals surface area contributed by atoms with Crippen LogP contribution in [0.15, 0.2) is 30.3 Å². The Labute approximate surface area is 193 Å². The monoisotopic (exact) mass is 452 g/mol. The zero-order valence-corrected chi connectivity index (χ0v) is 20.1. The Kier molecular flexibility index (Phi) is 13.1. The van der Waals surface area contributed by atoms with Gasteiger partial charge in [0.2, 0.25) is 0 Å². The number of alkyl halides is 1. The van der Waals surface area contributed by atoms with Gasteiger partial charge in [0.05, 0.1) is 18.2 Å². The molecule has 0 saturated carbocycles. The van der Waals surface area contributed by atoms with Crippen LogP contribution in [0.4, 0.5) is 0 Å². The van der Waals surface area contributed by atoms with Crippen molar-refractivity contribution in [3.05, 3.63) is 35.4 Å². The SMILES string of the molecule is CCCCCCCCOc1c(Cl)cc(OCCCCCCCCCl)c2ccccc12. The fourth-order valence-corrected chi connectivity index (χ4v) is 4.14. The fraction of sp³-hybridized carbons (Fsp3) is 0.615. The topological polar surface area (TPSA) is 18.5 Å². The number of hydrogen-bond acceptors (Lipinski definition) is 2. The largest absolute Gasteiger partial charge is 0.493 e. The molecule has 0 aromatic heterocycles. The first-order valence-corrected chi connectivity index (χ1v) is 12.7. The van der Waals surface area contributed by atoms with Gasteiger partial charge in [0.15, 0.2) is 0 Å². The summed E-state index contributed by atoms with van der Waals surface area (Å²) in [4.78, 5) is 0. The maximum atomic E-state index is 6.58. The zero-order valence-electron chi connectivity index (χ0n) is 18.6. The predicted molar refractivity (Wildman–Crippen MR) is 132 cm³/mol. The summed E-state index contributed by atoms with van der Waals surface area (Å²) in [6.45, 7) is 3.67. The molecule has 168 valence electrons. The van der Waals surface area contributed by atoms with Gasteiger partial charge in [-0.2, -0.15) is 0 Å². The molecular weight excluding hydrogens is 415 g/mol. The van der Waals surface area contributed by atoms with Crippen LogP contribution in [0.3, 0.4) is 0 Å². The van der Waals surface area contributed by atoms with Crippen LogP contribution in [-0.2, 0) is 0 Å². The van der Waals surface area contributed by atoms with Crippen LogP contribution in [0, 0.1) is 0 Å². The standard InChI is InChI=1S/C26H38Cl2O2/c1-2-3-4-5-9-15-20-30-26-23-17-12-11-16-22(23)25(21-24(26)28)29-19-14-10-7-6-8-13-18-27/h11-12,16-17,21H,2-10,13-15,18-20H2,1H3. The smallest absolute Gasteiger partial charge is 0.145 e. The van der Waals surface area contributed by atoms with Crippen LogP contribution >= 0.6 is 23.2 Å². The van der Waals surface area contributed by atoms with Crippen molar-refractivity contribution in [3.8, 4) is 11.5 Å². The summed E-state index contributed by atoms with van der Waals surface area (Å²) in [6.07, 6.45) is 14.6. The molecule has 0 aliphatic heterocycles. The minimum atomic E-state index is 0.635. The van der Waals surface area contributed by atoms with Crippen LogP contribution < -0.4 is 9.47 Å². The Balaban J connectivity index is 1.85. The molecule has 0 heterocycles. The van der Waals surface area contributed by atoms with Gasteiger partial charge in [-0.15, -0.1) is 11.6 Å². The minimum Gasteiger partial charge on any atom is -0.493 e. The van der Waals surface area contributed by atoms with Crippen molar-refractivity contribution in [2.24, 2.45) is 0 Å². The lowest BCUT2D eigenvalue weighted by Crippen LogP contribution is -2.01. The van der Waals surface area contributed by atoms with Crippen LogP contribution in [0.5, 0.6) is 11.5 Å². The van der Waals surface area contributed by atoms with E-state index in [0.29, 0.717) is 18.2 Å². The maximum Gasteiger partial charge on any atom is 0.145 e. The third kappa shape index (κ3) is 8.94. The molecule has 2 nitrogen and oxygen atoms in total. The highest BCUT2D eigenvalue weighted by Crippen LogP contribution is 2.39. The van der Waals surface area contributed by atoms with E-state index in [1.807, 2.05) is 18.2 Å². The van der Waals surface area contributed by atoms with E-state index in [1.54, 1.807) is 0 Å². The molecule has 0 unspecified atom stereocenters. The molecule has 0 aliphatic rings. The number of rotatable bonds is 17. The number of unbranched alkanes of at least 4 members (excludes halogenated alkanes) is 10. The molecule has 0 radical (unpaired) electrons. The van der Waals surface area contributed by atoms with E-state index < -0.39 is 0 Å². The van der Waals surface area contributed by atoms with Crippen molar-refractivity contribution in [2.75, 3.05) is 19.1 Å². The number of halogens is 2. The summed E-state index contributed by atoms with van der Waals surface area (Å²) in [7, 11) is 0. The quantitative estimate of drug-likeness (QED) is 0.176. The molecule has 30 heavy (non-hydrogen) atoms. The molecular formula is C26H38Cl2O2. The van der Waals surface area contributed by atoms with Gasteiger partial charge in [-0.25, -0.2) is 0 Å². The van der Waals surface area contributed by atoms with Gasteiger partial charge in [0.25, 0.3) is 0 Å². The Morgan fingerprint density at radius 2 is 1.27 bits per heavy atom. The van der Waals surface area contributed by atoms with Gasteiger partial charge in [-0.1, -0.05) is 101 Å². The molecule has 2 aromatic carbocycles. The molecule has 0 N–H and O–H groups in total. The van der Waals surface area contributed by atoms with Crippen molar-refractivity contribution in [1.82, 2.24) is 0 Å². The number of hydrogen-bond donors (Lipinski definition) is 0. The average molecular weight is 453 g/mol. The molecule has 0 amide bonds. The van der Waals surface area contributed by atoms with Crippen molar-refractivity contribution in [1.29, 1.82) is 0 Å². The lowest BCUT2D eigenvalue weighted by atomic mass is 10.1. The Morgan fingerprint density at radius 1 is 0.700 bits per heavy atom. The van der Waals surface area contributed by atoms with Crippen LogP contribution in [0.2, 0.25) is 5.02 Å². The second-order valence-electron chi connectivity index (χ2n) is 8.01. The molecule has 0 fully saturated rings. The van der Waals surface area contributed by atoms with E-state index >= 15 is 0 Å². The van der Waals surface area contributed by atoms with Crippen molar-refractivity contribution >= 4 is 34.0 Å². The Bertz CT molecular complexity index is 717. The molecule has 4 heteroatoms. The number of fused-ring (bicyclic) bond motifs is 1. The molecule has 0 saturated heterocycles. The van der Waals surface area contributed by atoms with Crippen LogP contribution in [-0.4, -0.2) is 19.1 Å². The molecule has 0 bridgehead atoms. The Morgan fingerprint density at radius 3 is 1.93 bits per heavy atom. The summed E-state index contributed by atoms with van der Waals surface area (Å²) >= 11 is 12.3. The first-order valence-electron chi connectivity index (χ1n) is 11.8. The first kappa shape index (κ1) is 25.1. The fourth-order valence-electron chi connectivity index (χ4n) is 3.69. The maximum absolute atomic E-state index is 6.58. The molecule has 0 aliphatic carbocycles. The van der Waals surface area contributed by atoms with Crippen LogP contribution in [0.25, 0.3) is 10.8 Å². The number of benzene rings is 2. The van der Waals surface area contributed by atoms with E-state index in [4.69, 9.17) is 32.7 Å². The van der Waals surface area contributed by atoms with E-state index in [9.17, 15) is 0 Å². The predicted octanol–water partition coefficient (Wildman–Crippen LogP) is 9.19. The normalized spacial score (nSPS) is 11.2. The second-order valence-corrected chi connectivity index (χ2v) is 8.79. The van der Waals surface area contributed by atoms with Crippen molar-refractivity contribution in [3.63, 3.8) is 0 Å². The summed E-state index contributed by atoms with van der Waals surface area (Å²) < 4.78 is 12.2. The zero-order chi connectivity index (χ0) is 21.4. The Hall–Kier alpha value is -1.12. The van der Waals surface area contributed by atoms with Gasteiger partial charge in [0, 0.05) is 22.7 Å². The third-order valence-corrected chi connectivity index (χ3v) is 5.99. The molecule has 2 aromatic rings. The minimum absolute atomic E-state index is 0.635. The van der Waals surface area contributed by atoms with E-state index in [-0.39, 0.29) is 0 Å². The van der Waals surface area contributed by atoms with Crippen LogP contribution in [0.1, 0.15) is 84.0 Å². The molecule has 0 atom stereocenters. The average Bonchev–Trinajstić information content (AvgIpc) is 2.76. The van der Waals surface area contributed by atoms with Gasteiger partial charge in [0.1, 0.15) is 11.5 Å². The highest BCUT2D eigenvalue weighted by Gasteiger charge is 2.13.